The van der Waals surface area contributed by atoms with E-state index in [0.29, 0.717) is 31.9 Å². The number of anilines is 1. The molecule has 3 aromatic rings. The van der Waals surface area contributed by atoms with Crippen molar-refractivity contribution in [3.05, 3.63) is 36.5 Å². The third-order valence-electron chi connectivity index (χ3n) is 5.30. The van der Waals surface area contributed by atoms with E-state index in [2.05, 4.69) is 14.9 Å². The fourth-order valence-electron chi connectivity index (χ4n) is 3.57. The van der Waals surface area contributed by atoms with Gasteiger partial charge in [0.05, 0.1) is 23.4 Å². The van der Waals surface area contributed by atoms with Gasteiger partial charge in [-0.05, 0) is 51.1 Å². The van der Waals surface area contributed by atoms with Gasteiger partial charge in [-0.3, -0.25) is 0 Å². The van der Waals surface area contributed by atoms with E-state index < -0.39 is 16.8 Å². The predicted molar refractivity (Wildman–Crippen MR) is 137 cm³/mol. The lowest BCUT2D eigenvalue weighted by Gasteiger charge is -2.35. The lowest BCUT2D eigenvalue weighted by atomic mass is 10.1. The molecule has 0 radical (unpaired) electrons. The molecule has 0 bridgehead atoms. The molecule has 0 spiro atoms. The topological polar surface area (TPSA) is 104 Å². The third-order valence-corrected chi connectivity index (χ3v) is 7.15. The summed E-state index contributed by atoms with van der Waals surface area (Å²) < 4.78 is 22.8. The van der Waals surface area contributed by atoms with Crippen molar-refractivity contribution in [1.29, 1.82) is 0 Å². The Morgan fingerprint density at radius 3 is 2.37 bits per heavy atom. The van der Waals surface area contributed by atoms with Crippen molar-refractivity contribution in [2.45, 2.75) is 31.5 Å². The van der Waals surface area contributed by atoms with Gasteiger partial charge in [-0.1, -0.05) is 11.3 Å². The molecule has 35 heavy (non-hydrogen) atoms. The molecule has 3 heterocycles. The molecule has 0 N–H and O–H groups in total. The minimum absolute atomic E-state index is 0.282. The molecule has 0 saturated carbocycles. The van der Waals surface area contributed by atoms with Crippen LogP contribution in [0.5, 0.6) is 5.75 Å². The van der Waals surface area contributed by atoms with Crippen molar-refractivity contribution in [2.24, 2.45) is 0 Å². The van der Waals surface area contributed by atoms with E-state index in [1.165, 1.54) is 11.3 Å². The van der Waals surface area contributed by atoms with Gasteiger partial charge in [0.25, 0.3) is 0 Å². The molecular formula is C24H29N5O4S2. The minimum Gasteiger partial charge on any atom is -0.609 e. The second-order valence-corrected chi connectivity index (χ2v) is 11.3. The van der Waals surface area contributed by atoms with Crippen molar-refractivity contribution in [3.8, 4) is 27.6 Å². The van der Waals surface area contributed by atoms with E-state index in [1.54, 1.807) is 30.5 Å². The van der Waals surface area contributed by atoms with E-state index >= 15 is 0 Å². The standard InChI is InChI=1S/C24H29N5O4S2/c1-24(2,3)33-23(30)29-14-12-28(13-15-29)22-27-19(16-6-8-17(32-4)9-7-16)20(34-22)18-10-11-25-21(26-18)35(5)31/h6-11H,12-15H2,1-5H3. The highest BCUT2D eigenvalue weighted by Gasteiger charge is 2.28. The Morgan fingerprint density at radius 2 is 1.77 bits per heavy atom. The van der Waals surface area contributed by atoms with E-state index in [-0.39, 0.29) is 11.2 Å². The first-order valence-electron chi connectivity index (χ1n) is 11.2. The van der Waals surface area contributed by atoms with Crippen LogP contribution in [0.15, 0.2) is 41.7 Å². The fourth-order valence-corrected chi connectivity index (χ4v) is 5.12. The number of nitrogens with zero attached hydrogens (tertiary/aromatic N) is 5. The van der Waals surface area contributed by atoms with Gasteiger partial charge in [-0.2, -0.15) is 9.97 Å². The van der Waals surface area contributed by atoms with Crippen LogP contribution in [0.4, 0.5) is 9.93 Å². The number of thiazole rings is 1. The Kier molecular flexibility index (Phi) is 7.48. The van der Waals surface area contributed by atoms with Gasteiger partial charge in [-0.25, -0.2) is 9.78 Å². The summed E-state index contributed by atoms with van der Waals surface area (Å²) in [6.45, 7) is 7.98. The Balaban J connectivity index is 1.63. The van der Waals surface area contributed by atoms with Gasteiger partial charge < -0.3 is 23.8 Å². The summed E-state index contributed by atoms with van der Waals surface area (Å²) >= 11 is 0.227. The molecule has 1 fully saturated rings. The average molecular weight is 516 g/mol. The highest BCUT2D eigenvalue weighted by atomic mass is 32.2. The average Bonchev–Trinajstić information content (AvgIpc) is 3.29. The lowest BCUT2D eigenvalue weighted by Crippen LogP contribution is -2.50. The first-order chi connectivity index (χ1) is 16.6. The molecule has 1 amide bonds. The van der Waals surface area contributed by atoms with Gasteiger partial charge >= 0.3 is 11.2 Å². The lowest BCUT2D eigenvalue weighted by molar-refractivity contribution is 0.0240. The van der Waals surface area contributed by atoms with Crippen LogP contribution in [-0.2, 0) is 15.9 Å². The van der Waals surface area contributed by atoms with Crippen LogP contribution in [-0.4, -0.2) is 75.6 Å². The van der Waals surface area contributed by atoms with Crippen LogP contribution in [0.2, 0.25) is 0 Å². The summed E-state index contributed by atoms with van der Waals surface area (Å²) in [6, 6.07) is 9.51. The van der Waals surface area contributed by atoms with E-state index in [0.717, 1.165) is 27.0 Å². The van der Waals surface area contributed by atoms with Gasteiger partial charge in [-0.15, -0.1) is 0 Å². The summed E-state index contributed by atoms with van der Waals surface area (Å²) in [5.41, 5.74) is 1.86. The summed E-state index contributed by atoms with van der Waals surface area (Å²) in [4.78, 5) is 30.9. The highest BCUT2D eigenvalue weighted by molar-refractivity contribution is 7.90. The van der Waals surface area contributed by atoms with Crippen LogP contribution in [0.25, 0.3) is 21.8 Å². The molecule has 9 nitrogen and oxygen atoms in total. The van der Waals surface area contributed by atoms with Gasteiger partial charge in [0, 0.05) is 49.1 Å². The van der Waals surface area contributed by atoms with Crippen molar-refractivity contribution in [3.63, 3.8) is 0 Å². The number of hydrogen-bond acceptors (Lipinski definition) is 9. The zero-order valence-corrected chi connectivity index (χ0v) is 22.1. The molecular weight excluding hydrogens is 486 g/mol. The van der Waals surface area contributed by atoms with Crippen molar-refractivity contribution >= 4 is 33.7 Å². The summed E-state index contributed by atoms with van der Waals surface area (Å²) in [7, 11) is 1.63. The zero-order valence-electron chi connectivity index (χ0n) is 20.5. The molecule has 0 aliphatic carbocycles. The van der Waals surface area contributed by atoms with Gasteiger partial charge in [0.1, 0.15) is 17.6 Å². The molecule has 1 aromatic carbocycles. The molecule has 1 aliphatic heterocycles. The number of piperazine rings is 1. The Labute approximate surface area is 212 Å². The fraction of sp³-hybridized carbons (Fsp3) is 0.417. The normalized spacial score (nSPS) is 15.1. The predicted octanol–water partition coefficient (Wildman–Crippen LogP) is 4.07. The van der Waals surface area contributed by atoms with Crippen molar-refractivity contribution in [2.75, 3.05) is 44.4 Å². The number of carbonyl (C=O) groups excluding carboxylic acids is 1. The molecule has 1 aliphatic rings. The molecule has 1 saturated heterocycles. The number of methoxy groups -OCH3 is 1. The minimum atomic E-state index is -1.30. The first-order valence-corrected chi connectivity index (χ1v) is 13.6. The van der Waals surface area contributed by atoms with Crippen LogP contribution in [0, 0.1) is 0 Å². The number of amides is 1. The van der Waals surface area contributed by atoms with Gasteiger partial charge in [0.2, 0.25) is 0 Å². The maximum atomic E-state index is 12.4. The molecule has 4 rings (SSSR count). The second-order valence-electron chi connectivity index (χ2n) is 9.04. The highest BCUT2D eigenvalue weighted by Crippen LogP contribution is 2.40. The monoisotopic (exact) mass is 515 g/mol. The zero-order chi connectivity index (χ0) is 25.2. The molecule has 11 heteroatoms. The number of carbonyl (C=O) groups is 1. The SMILES string of the molecule is COc1ccc(-c2nc(N3CCN(C(=O)OC(C)(C)C)CC3)sc2-c2ccnc([S+](C)[O-])n2)cc1. The quantitative estimate of drug-likeness (QED) is 0.370. The summed E-state index contributed by atoms with van der Waals surface area (Å²) in [5.74, 6) is 0.759. The largest absolute Gasteiger partial charge is 0.609 e. The van der Waals surface area contributed by atoms with Crippen molar-refractivity contribution in [1.82, 2.24) is 19.9 Å². The van der Waals surface area contributed by atoms with E-state index in [1.807, 2.05) is 45.0 Å². The van der Waals surface area contributed by atoms with Crippen LogP contribution in [0.3, 0.4) is 0 Å². The molecule has 2 aromatic heterocycles. The molecule has 1 unspecified atom stereocenters. The maximum Gasteiger partial charge on any atom is 0.410 e. The van der Waals surface area contributed by atoms with Crippen molar-refractivity contribution < 1.29 is 18.8 Å². The number of rotatable bonds is 5. The van der Waals surface area contributed by atoms with E-state index in [9.17, 15) is 9.35 Å². The Morgan fingerprint density at radius 1 is 1.09 bits per heavy atom. The smallest absolute Gasteiger partial charge is 0.410 e. The third kappa shape index (κ3) is 6.03. The number of hydrogen-bond donors (Lipinski definition) is 0. The number of benzene rings is 1. The number of aromatic nitrogens is 3. The molecule has 1 atom stereocenters. The second kappa shape index (κ2) is 10.4. The summed E-state index contributed by atoms with van der Waals surface area (Å²) in [6.07, 6.45) is 2.89. The Hall–Kier alpha value is -2.89. The van der Waals surface area contributed by atoms with E-state index in [4.69, 9.17) is 14.5 Å². The van der Waals surface area contributed by atoms with Gasteiger partial charge in [0.15, 0.2) is 5.13 Å². The molecule has 186 valence electrons. The van der Waals surface area contributed by atoms with Crippen LogP contribution < -0.4 is 9.64 Å². The maximum absolute atomic E-state index is 12.4. The number of ether oxygens (including phenoxy) is 2. The van der Waals surface area contributed by atoms with Crippen LogP contribution >= 0.6 is 11.3 Å². The Bertz CT molecular complexity index is 1170. The first kappa shape index (κ1) is 25.2. The van der Waals surface area contributed by atoms with Crippen LogP contribution in [0.1, 0.15) is 20.8 Å². The summed E-state index contributed by atoms with van der Waals surface area (Å²) in [5, 5.41) is 1.12.